The second-order valence-electron chi connectivity index (χ2n) is 8.59. The summed E-state index contributed by atoms with van der Waals surface area (Å²) in [7, 11) is 0. The van der Waals surface area contributed by atoms with Gasteiger partial charge in [-0.2, -0.15) is 5.26 Å². The maximum atomic E-state index is 9.77. The molecule has 0 radical (unpaired) electrons. The van der Waals surface area contributed by atoms with E-state index in [1.807, 2.05) is 24.3 Å². The first-order valence-electron chi connectivity index (χ1n) is 9.81. The molecule has 6 nitrogen and oxygen atoms in total. The molecule has 1 unspecified atom stereocenters. The van der Waals surface area contributed by atoms with Crippen LogP contribution in [-0.4, -0.2) is 16.3 Å². The molecule has 0 bridgehead atoms. The van der Waals surface area contributed by atoms with E-state index in [9.17, 15) is 5.26 Å². The topological polar surface area (TPSA) is 97.0 Å². The molecule has 0 saturated heterocycles. The zero-order chi connectivity index (χ0) is 19.9. The molecule has 6 heteroatoms. The van der Waals surface area contributed by atoms with Crippen molar-refractivity contribution in [2.24, 2.45) is 5.73 Å². The van der Waals surface area contributed by atoms with Gasteiger partial charge in [0.1, 0.15) is 17.4 Å². The van der Waals surface area contributed by atoms with Crippen molar-refractivity contribution in [1.29, 1.82) is 5.26 Å². The molecule has 146 valence electrons. The van der Waals surface area contributed by atoms with Crippen LogP contribution in [0.2, 0.25) is 0 Å². The third-order valence-electron chi connectivity index (χ3n) is 5.51. The van der Waals surface area contributed by atoms with Crippen molar-refractivity contribution in [2.75, 3.05) is 0 Å². The SMILES string of the molecule is CC(C)(C)c1[nH]nc2c1C(c1ccc(OC3CCCC3)cc1)C(C#N)=C(N)O2. The Morgan fingerprint density at radius 2 is 1.89 bits per heavy atom. The average Bonchev–Trinajstić information content (AvgIpc) is 3.30. The van der Waals surface area contributed by atoms with Crippen LogP contribution in [0.4, 0.5) is 0 Å². The molecule has 0 amide bonds. The number of nitrogens with one attached hydrogen (secondary N) is 1. The van der Waals surface area contributed by atoms with Crippen molar-refractivity contribution in [3.05, 3.63) is 52.5 Å². The lowest BCUT2D eigenvalue weighted by atomic mass is 9.79. The van der Waals surface area contributed by atoms with Crippen LogP contribution < -0.4 is 15.2 Å². The maximum absolute atomic E-state index is 9.77. The molecule has 1 aromatic carbocycles. The summed E-state index contributed by atoms with van der Waals surface area (Å²) in [5.41, 5.74) is 9.06. The number of hydrogen-bond donors (Lipinski definition) is 2. The Morgan fingerprint density at radius 1 is 1.21 bits per heavy atom. The van der Waals surface area contributed by atoms with Gasteiger partial charge in [-0.05, 0) is 43.4 Å². The number of H-pyrrole nitrogens is 1. The number of ether oxygens (including phenoxy) is 2. The Balaban J connectivity index is 1.73. The van der Waals surface area contributed by atoms with Crippen LogP contribution in [-0.2, 0) is 5.41 Å². The van der Waals surface area contributed by atoms with Crippen molar-refractivity contribution in [3.8, 4) is 17.7 Å². The number of fused-ring (bicyclic) bond motifs is 1. The molecule has 2 aliphatic rings. The van der Waals surface area contributed by atoms with Crippen molar-refractivity contribution < 1.29 is 9.47 Å². The highest BCUT2D eigenvalue weighted by Gasteiger charge is 2.38. The number of benzene rings is 1. The number of rotatable bonds is 3. The molecule has 0 spiro atoms. The molecule has 28 heavy (non-hydrogen) atoms. The highest BCUT2D eigenvalue weighted by molar-refractivity contribution is 5.56. The predicted octanol–water partition coefficient (Wildman–Crippen LogP) is 4.25. The molecule has 2 heterocycles. The van der Waals surface area contributed by atoms with Crippen molar-refractivity contribution >= 4 is 0 Å². The first-order chi connectivity index (χ1) is 13.4. The molecular weight excluding hydrogens is 352 g/mol. The van der Waals surface area contributed by atoms with Crippen LogP contribution in [0.5, 0.6) is 11.6 Å². The first kappa shape index (κ1) is 18.4. The summed E-state index contributed by atoms with van der Waals surface area (Å²) < 4.78 is 11.7. The normalized spacial score (nSPS) is 19.9. The fourth-order valence-corrected chi connectivity index (χ4v) is 4.09. The summed E-state index contributed by atoms with van der Waals surface area (Å²) in [4.78, 5) is 0. The van der Waals surface area contributed by atoms with Gasteiger partial charge in [-0.3, -0.25) is 5.10 Å². The van der Waals surface area contributed by atoms with Crippen LogP contribution in [0, 0.1) is 11.3 Å². The van der Waals surface area contributed by atoms with Gasteiger partial charge >= 0.3 is 0 Å². The number of aromatic amines is 1. The fourth-order valence-electron chi connectivity index (χ4n) is 4.09. The van der Waals surface area contributed by atoms with E-state index in [1.165, 1.54) is 12.8 Å². The number of nitriles is 1. The zero-order valence-electron chi connectivity index (χ0n) is 16.6. The molecule has 1 atom stereocenters. The van der Waals surface area contributed by atoms with Gasteiger partial charge in [-0.25, -0.2) is 0 Å². The second-order valence-corrected chi connectivity index (χ2v) is 8.59. The average molecular weight is 378 g/mol. The quantitative estimate of drug-likeness (QED) is 0.832. The molecule has 2 aromatic rings. The lowest BCUT2D eigenvalue weighted by Gasteiger charge is -2.27. The molecule has 1 aromatic heterocycles. The predicted molar refractivity (Wildman–Crippen MR) is 106 cm³/mol. The molecule has 1 aliphatic carbocycles. The van der Waals surface area contributed by atoms with Gasteiger partial charge in [0.25, 0.3) is 0 Å². The van der Waals surface area contributed by atoms with Crippen LogP contribution in [0.3, 0.4) is 0 Å². The summed E-state index contributed by atoms with van der Waals surface area (Å²) in [6.07, 6.45) is 5.02. The van der Waals surface area contributed by atoms with Crippen LogP contribution in [0.25, 0.3) is 0 Å². The first-order valence-corrected chi connectivity index (χ1v) is 9.81. The van der Waals surface area contributed by atoms with E-state index >= 15 is 0 Å². The van der Waals surface area contributed by atoms with Gasteiger partial charge in [0.2, 0.25) is 11.8 Å². The molecular formula is C22H26N4O2. The van der Waals surface area contributed by atoms with E-state index in [-0.39, 0.29) is 17.2 Å². The Hall–Kier alpha value is -2.94. The van der Waals surface area contributed by atoms with E-state index < -0.39 is 0 Å². The molecule has 1 saturated carbocycles. The van der Waals surface area contributed by atoms with Gasteiger partial charge in [0.15, 0.2) is 0 Å². The Kier molecular flexibility index (Phi) is 4.54. The monoisotopic (exact) mass is 378 g/mol. The third kappa shape index (κ3) is 3.22. The van der Waals surface area contributed by atoms with Crippen molar-refractivity contribution in [3.63, 3.8) is 0 Å². The standard InChI is InChI=1S/C22H26N4O2/c1-22(2,3)19-18-17(16(12-23)20(24)28-21(18)26-25-19)13-8-10-15(11-9-13)27-14-6-4-5-7-14/h8-11,14,17H,4-7,24H2,1-3H3,(H,25,26). The van der Waals surface area contributed by atoms with Gasteiger partial charge < -0.3 is 15.2 Å². The maximum Gasteiger partial charge on any atom is 0.244 e. The van der Waals surface area contributed by atoms with Gasteiger partial charge in [-0.15, -0.1) is 5.10 Å². The number of allylic oxidation sites excluding steroid dienone is 1. The molecule has 1 fully saturated rings. The van der Waals surface area contributed by atoms with E-state index in [0.29, 0.717) is 17.6 Å². The minimum Gasteiger partial charge on any atom is -0.490 e. The van der Waals surface area contributed by atoms with Crippen LogP contribution >= 0.6 is 0 Å². The molecule has 3 N–H and O–H groups in total. The highest BCUT2D eigenvalue weighted by Crippen LogP contribution is 2.45. The summed E-state index contributed by atoms with van der Waals surface area (Å²) in [5.74, 6) is 1.10. The largest absolute Gasteiger partial charge is 0.490 e. The Labute approximate surface area is 165 Å². The minimum absolute atomic E-state index is 0.109. The van der Waals surface area contributed by atoms with Gasteiger partial charge in [0.05, 0.1) is 17.6 Å². The van der Waals surface area contributed by atoms with Crippen LogP contribution in [0.15, 0.2) is 35.7 Å². The molecule has 1 aliphatic heterocycles. The highest BCUT2D eigenvalue weighted by atomic mass is 16.5. The Bertz CT molecular complexity index is 938. The summed E-state index contributed by atoms with van der Waals surface area (Å²) in [6.45, 7) is 6.30. The van der Waals surface area contributed by atoms with E-state index in [0.717, 1.165) is 35.4 Å². The summed E-state index contributed by atoms with van der Waals surface area (Å²) >= 11 is 0. The summed E-state index contributed by atoms with van der Waals surface area (Å²) in [6, 6.07) is 10.2. The van der Waals surface area contributed by atoms with Crippen molar-refractivity contribution in [1.82, 2.24) is 10.2 Å². The van der Waals surface area contributed by atoms with Gasteiger partial charge in [0, 0.05) is 11.1 Å². The minimum atomic E-state index is -0.317. The zero-order valence-corrected chi connectivity index (χ0v) is 16.6. The Morgan fingerprint density at radius 3 is 2.50 bits per heavy atom. The fraction of sp³-hybridized carbons (Fsp3) is 0.455. The molecule has 4 rings (SSSR count). The number of nitrogens with two attached hydrogens (primary N) is 1. The van der Waals surface area contributed by atoms with Crippen LogP contribution in [0.1, 0.15) is 69.2 Å². The lowest BCUT2D eigenvalue weighted by Crippen LogP contribution is -2.23. The van der Waals surface area contributed by atoms with E-state index in [4.69, 9.17) is 15.2 Å². The number of aromatic nitrogens is 2. The lowest BCUT2D eigenvalue weighted by molar-refractivity contribution is 0.210. The number of nitrogens with zero attached hydrogens (tertiary/aromatic N) is 2. The third-order valence-corrected chi connectivity index (χ3v) is 5.51. The van der Waals surface area contributed by atoms with Gasteiger partial charge in [-0.1, -0.05) is 32.9 Å². The number of hydrogen-bond acceptors (Lipinski definition) is 5. The second kappa shape index (κ2) is 6.90. The smallest absolute Gasteiger partial charge is 0.244 e. The van der Waals surface area contributed by atoms with E-state index in [1.54, 1.807) is 0 Å². The van der Waals surface area contributed by atoms with Crippen molar-refractivity contribution in [2.45, 2.75) is 63.9 Å². The summed E-state index contributed by atoms with van der Waals surface area (Å²) in [5, 5.41) is 17.2. The van der Waals surface area contributed by atoms with E-state index in [2.05, 4.69) is 37.0 Å².